The Morgan fingerprint density at radius 3 is 1.89 bits per heavy atom. The molecule has 0 aliphatic heterocycles. The Kier molecular flexibility index (Phi) is 3.51. The average molecular weight is 258 g/mol. The first-order valence-electron chi connectivity index (χ1n) is 5.87. The molecule has 0 aliphatic carbocycles. The van der Waals surface area contributed by atoms with Gasteiger partial charge in [-0.3, -0.25) is 9.59 Å². The zero-order valence-corrected chi connectivity index (χ0v) is 11.0. The highest BCUT2D eigenvalue weighted by Crippen LogP contribution is 2.34. The van der Waals surface area contributed by atoms with Gasteiger partial charge in [-0.05, 0) is 25.1 Å². The maximum atomic E-state index is 11.1. The number of carbonyl (C=O) groups excluding carboxylic acids is 2. The molecule has 19 heavy (non-hydrogen) atoms. The maximum Gasteiger partial charge on any atom is 0.308 e. The first-order chi connectivity index (χ1) is 8.97. The number of carbonyl (C=O) groups is 2. The van der Waals surface area contributed by atoms with Crippen molar-refractivity contribution in [1.82, 2.24) is 0 Å². The topological polar surface area (TPSA) is 52.6 Å². The van der Waals surface area contributed by atoms with Crippen LogP contribution in [0, 0.1) is 6.92 Å². The van der Waals surface area contributed by atoms with Crippen molar-refractivity contribution < 1.29 is 19.1 Å². The highest BCUT2D eigenvalue weighted by molar-refractivity contribution is 5.96. The lowest BCUT2D eigenvalue weighted by Gasteiger charge is -2.11. The molecule has 2 aromatic rings. The SMILES string of the molecule is CC(=O)Oc1ccc(OC(C)=O)c2cc(C)ccc12. The summed E-state index contributed by atoms with van der Waals surface area (Å²) >= 11 is 0. The van der Waals surface area contributed by atoms with E-state index in [1.165, 1.54) is 13.8 Å². The molecular weight excluding hydrogens is 244 g/mol. The fourth-order valence-corrected chi connectivity index (χ4v) is 1.90. The van der Waals surface area contributed by atoms with Crippen molar-refractivity contribution in [2.75, 3.05) is 0 Å². The zero-order chi connectivity index (χ0) is 14.0. The van der Waals surface area contributed by atoms with Gasteiger partial charge >= 0.3 is 11.9 Å². The number of hydrogen-bond acceptors (Lipinski definition) is 4. The number of esters is 2. The summed E-state index contributed by atoms with van der Waals surface area (Å²) in [5.74, 6) is 0.144. The molecule has 0 fully saturated rings. The second kappa shape index (κ2) is 5.10. The molecule has 4 heteroatoms. The van der Waals surface area contributed by atoms with E-state index in [2.05, 4.69) is 0 Å². The van der Waals surface area contributed by atoms with E-state index in [4.69, 9.17) is 9.47 Å². The van der Waals surface area contributed by atoms with Gasteiger partial charge in [-0.15, -0.1) is 0 Å². The molecule has 0 aliphatic rings. The largest absolute Gasteiger partial charge is 0.426 e. The second-order valence-electron chi connectivity index (χ2n) is 4.30. The molecule has 0 heterocycles. The van der Waals surface area contributed by atoms with E-state index >= 15 is 0 Å². The van der Waals surface area contributed by atoms with Crippen LogP contribution >= 0.6 is 0 Å². The van der Waals surface area contributed by atoms with Crippen LogP contribution in [0.15, 0.2) is 30.3 Å². The summed E-state index contributed by atoms with van der Waals surface area (Å²) in [7, 11) is 0. The van der Waals surface area contributed by atoms with Crippen molar-refractivity contribution in [3.05, 3.63) is 35.9 Å². The van der Waals surface area contributed by atoms with Gasteiger partial charge in [-0.25, -0.2) is 0 Å². The Bertz CT molecular complexity index is 658. The highest BCUT2D eigenvalue weighted by Gasteiger charge is 2.11. The molecular formula is C15H14O4. The van der Waals surface area contributed by atoms with E-state index in [0.29, 0.717) is 11.5 Å². The standard InChI is InChI=1S/C15H14O4/c1-9-4-5-12-13(8-9)15(19-11(3)17)7-6-14(12)18-10(2)16/h4-8H,1-3H3. The fourth-order valence-electron chi connectivity index (χ4n) is 1.90. The number of benzene rings is 2. The van der Waals surface area contributed by atoms with E-state index in [1.807, 2.05) is 25.1 Å². The minimum Gasteiger partial charge on any atom is -0.426 e. The Labute approximate surface area is 110 Å². The van der Waals surface area contributed by atoms with Gasteiger partial charge in [-0.2, -0.15) is 0 Å². The van der Waals surface area contributed by atoms with Gasteiger partial charge in [-0.1, -0.05) is 17.7 Å². The Morgan fingerprint density at radius 1 is 0.842 bits per heavy atom. The van der Waals surface area contributed by atoms with Crippen molar-refractivity contribution in [3.63, 3.8) is 0 Å². The van der Waals surface area contributed by atoms with Crippen LogP contribution in [0.5, 0.6) is 11.5 Å². The van der Waals surface area contributed by atoms with Gasteiger partial charge in [0.2, 0.25) is 0 Å². The lowest BCUT2D eigenvalue weighted by molar-refractivity contribution is -0.132. The molecule has 0 bridgehead atoms. The molecule has 0 spiro atoms. The van der Waals surface area contributed by atoms with E-state index in [9.17, 15) is 9.59 Å². The average Bonchev–Trinajstić information content (AvgIpc) is 2.31. The lowest BCUT2D eigenvalue weighted by Crippen LogP contribution is -2.04. The van der Waals surface area contributed by atoms with Gasteiger partial charge < -0.3 is 9.47 Å². The number of fused-ring (bicyclic) bond motifs is 1. The van der Waals surface area contributed by atoms with Crippen LogP contribution in [0.2, 0.25) is 0 Å². The molecule has 0 saturated carbocycles. The third-order valence-corrected chi connectivity index (χ3v) is 2.60. The molecule has 0 amide bonds. The third kappa shape index (κ3) is 2.91. The van der Waals surface area contributed by atoms with Crippen molar-refractivity contribution in [3.8, 4) is 11.5 Å². The van der Waals surface area contributed by atoms with Crippen LogP contribution in [0.3, 0.4) is 0 Å². The van der Waals surface area contributed by atoms with Gasteiger partial charge in [0.1, 0.15) is 11.5 Å². The Morgan fingerprint density at radius 2 is 1.37 bits per heavy atom. The first-order valence-corrected chi connectivity index (χ1v) is 5.87. The van der Waals surface area contributed by atoms with Crippen molar-refractivity contribution in [2.45, 2.75) is 20.8 Å². The lowest BCUT2D eigenvalue weighted by atomic mass is 10.1. The minimum absolute atomic E-state index is 0.386. The Hall–Kier alpha value is -2.36. The third-order valence-electron chi connectivity index (χ3n) is 2.60. The summed E-state index contributed by atoms with van der Waals surface area (Å²) in [6.07, 6.45) is 0. The van der Waals surface area contributed by atoms with Crippen LogP contribution in [-0.4, -0.2) is 11.9 Å². The molecule has 0 atom stereocenters. The molecule has 0 unspecified atom stereocenters. The molecule has 0 radical (unpaired) electrons. The summed E-state index contributed by atoms with van der Waals surface area (Å²) in [5.41, 5.74) is 1.03. The molecule has 4 nitrogen and oxygen atoms in total. The summed E-state index contributed by atoms with van der Waals surface area (Å²) in [5, 5.41) is 1.48. The number of hydrogen-bond donors (Lipinski definition) is 0. The van der Waals surface area contributed by atoms with Crippen molar-refractivity contribution in [1.29, 1.82) is 0 Å². The van der Waals surface area contributed by atoms with Crippen molar-refractivity contribution in [2.24, 2.45) is 0 Å². The second-order valence-corrected chi connectivity index (χ2v) is 4.30. The van der Waals surface area contributed by atoms with E-state index in [1.54, 1.807) is 12.1 Å². The normalized spacial score (nSPS) is 10.3. The number of ether oxygens (including phenoxy) is 2. The van der Waals surface area contributed by atoms with Crippen molar-refractivity contribution >= 4 is 22.7 Å². The summed E-state index contributed by atoms with van der Waals surface area (Å²) < 4.78 is 10.3. The van der Waals surface area contributed by atoms with E-state index in [0.717, 1.165) is 16.3 Å². The molecule has 0 N–H and O–H groups in total. The maximum absolute atomic E-state index is 11.1. The summed E-state index contributed by atoms with van der Waals surface area (Å²) in [4.78, 5) is 22.2. The van der Waals surface area contributed by atoms with Crippen LogP contribution < -0.4 is 9.47 Å². The zero-order valence-electron chi connectivity index (χ0n) is 11.0. The number of rotatable bonds is 2. The van der Waals surface area contributed by atoms with E-state index in [-0.39, 0.29) is 11.9 Å². The van der Waals surface area contributed by atoms with Crippen LogP contribution in [0.1, 0.15) is 19.4 Å². The summed E-state index contributed by atoms with van der Waals surface area (Å²) in [6.45, 7) is 4.64. The van der Waals surface area contributed by atoms with E-state index < -0.39 is 0 Å². The van der Waals surface area contributed by atoms with Gasteiger partial charge in [0.15, 0.2) is 0 Å². The molecule has 2 rings (SSSR count). The van der Waals surface area contributed by atoms with Gasteiger partial charge in [0.25, 0.3) is 0 Å². The van der Waals surface area contributed by atoms with Gasteiger partial charge in [0.05, 0.1) is 0 Å². The van der Waals surface area contributed by atoms with Crippen LogP contribution in [0.25, 0.3) is 10.8 Å². The number of aryl methyl sites for hydroxylation is 1. The predicted octanol–water partition coefficient (Wildman–Crippen LogP) is 3.00. The quantitative estimate of drug-likeness (QED) is 0.613. The molecule has 0 saturated heterocycles. The predicted molar refractivity (Wildman–Crippen MR) is 71.3 cm³/mol. The monoisotopic (exact) mass is 258 g/mol. The van der Waals surface area contributed by atoms with Crippen LogP contribution in [0.4, 0.5) is 0 Å². The fraction of sp³-hybridized carbons (Fsp3) is 0.200. The van der Waals surface area contributed by atoms with Gasteiger partial charge in [0, 0.05) is 24.6 Å². The highest BCUT2D eigenvalue weighted by atomic mass is 16.5. The first kappa shape index (κ1) is 13.1. The summed E-state index contributed by atoms with van der Waals surface area (Å²) in [6, 6.07) is 8.89. The Balaban J connectivity index is 2.64. The molecule has 2 aromatic carbocycles. The molecule has 98 valence electrons. The van der Waals surface area contributed by atoms with Crippen LogP contribution in [-0.2, 0) is 9.59 Å². The smallest absolute Gasteiger partial charge is 0.308 e. The minimum atomic E-state index is -0.387. The molecule has 0 aromatic heterocycles.